The van der Waals surface area contributed by atoms with Gasteiger partial charge < -0.3 is 10.2 Å². The number of nitrogens with one attached hydrogen (secondary N) is 1. The molecular formula is C26H28N2O2. The molecule has 1 N–H and O–H groups in total. The average Bonchev–Trinajstić information content (AvgIpc) is 2.81. The lowest BCUT2D eigenvalue weighted by molar-refractivity contribution is -0.131. The molecule has 0 spiro atoms. The fourth-order valence-electron chi connectivity index (χ4n) is 3.30. The van der Waals surface area contributed by atoms with E-state index < -0.39 is 0 Å². The number of rotatable bonds is 10. The summed E-state index contributed by atoms with van der Waals surface area (Å²) in [7, 11) is 0. The van der Waals surface area contributed by atoms with Crippen LogP contribution in [0.5, 0.6) is 0 Å². The number of carbonyl (C=O) groups is 2. The second-order valence-electron chi connectivity index (χ2n) is 7.26. The van der Waals surface area contributed by atoms with Crippen LogP contribution in [-0.4, -0.2) is 29.8 Å². The minimum Gasteiger partial charge on any atom is -0.352 e. The summed E-state index contributed by atoms with van der Waals surface area (Å²) in [6.07, 6.45) is 1.86. The molecule has 4 nitrogen and oxygen atoms in total. The summed E-state index contributed by atoms with van der Waals surface area (Å²) in [5, 5.41) is 2.89. The smallest absolute Gasteiger partial charge is 0.251 e. The number of nitrogens with zero attached hydrogens (tertiary/aromatic N) is 1. The fourth-order valence-corrected chi connectivity index (χ4v) is 3.30. The van der Waals surface area contributed by atoms with Gasteiger partial charge in [0.1, 0.15) is 0 Å². The zero-order valence-corrected chi connectivity index (χ0v) is 17.2. The molecule has 0 saturated carbocycles. The van der Waals surface area contributed by atoms with Crippen LogP contribution in [-0.2, 0) is 17.8 Å². The van der Waals surface area contributed by atoms with Gasteiger partial charge in [-0.2, -0.15) is 0 Å². The number of hydrogen-bond acceptors (Lipinski definition) is 2. The van der Waals surface area contributed by atoms with Gasteiger partial charge in [-0.3, -0.25) is 9.59 Å². The Labute approximate surface area is 178 Å². The van der Waals surface area contributed by atoms with Crippen LogP contribution in [0, 0.1) is 0 Å². The van der Waals surface area contributed by atoms with Crippen LogP contribution in [0.3, 0.4) is 0 Å². The van der Waals surface area contributed by atoms with Gasteiger partial charge in [0, 0.05) is 31.6 Å². The normalized spacial score (nSPS) is 10.4. The summed E-state index contributed by atoms with van der Waals surface area (Å²) < 4.78 is 0. The second-order valence-corrected chi connectivity index (χ2v) is 7.26. The van der Waals surface area contributed by atoms with Crippen LogP contribution in [0.25, 0.3) is 0 Å². The van der Waals surface area contributed by atoms with Crippen molar-refractivity contribution in [3.63, 3.8) is 0 Å². The summed E-state index contributed by atoms with van der Waals surface area (Å²) in [6, 6.07) is 29.4. The molecule has 0 aliphatic carbocycles. The van der Waals surface area contributed by atoms with E-state index in [1.54, 1.807) is 12.1 Å². The molecule has 0 atom stereocenters. The first kappa shape index (κ1) is 21.3. The highest BCUT2D eigenvalue weighted by molar-refractivity contribution is 5.94. The molecule has 3 aromatic rings. The maximum Gasteiger partial charge on any atom is 0.251 e. The van der Waals surface area contributed by atoms with Gasteiger partial charge >= 0.3 is 0 Å². The van der Waals surface area contributed by atoms with Crippen molar-refractivity contribution in [1.29, 1.82) is 0 Å². The predicted octanol–water partition coefficient (Wildman–Crippen LogP) is 4.47. The van der Waals surface area contributed by atoms with E-state index in [0.29, 0.717) is 38.0 Å². The van der Waals surface area contributed by atoms with Gasteiger partial charge in [-0.05, 0) is 36.1 Å². The summed E-state index contributed by atoms with van der Waals surface area (Å²) >= 11 is 0. The lowest BCUT2D eigenvalue weighted by atomic mass is 10.1. The van der Waals surface area contributed by atoms with E-state index in [4.69, 9.17) is 0 Å². The molecule has 0 aromatic heterocycles. The molecule has 0 heterocycles. The van der Waals surface area contributed by atoms with Gasteiger partial charge in [0.15, 0.2) is 0 Å². The Kier molecular flexibility index (Phi) is 8.22. The molecule has 0 radical (unpaired) electrons. The Morgan fingerprint density at radius 3 is 1.93 bits per heavy atom. The Balaban J connectivity index is 1.51. The highest BCUT2D eigenvalue weighted by atomic mass is 16.2. The van der Waals surface area contributed by atoms with E-state index in [1.807, 2.05) is 71.6 Å². The quantitative estimate of drug-likeness (QED) is 0.511. The van der Waals surface area contributed by atoms with Crippen molar-refractivity contribution < 1.29 is 9.59 Å². The minimum absolute atomic E-state index is 0.103. The van der Waals surface area contributed by atoms with Crippen LogP contribution < -0.4 is 5.32 Å². The van der Waals surface area contributed by atoms with E-state index in [-0.39, 0.29) is 11.8 Å². The first-order valence-corrected chi connectivity index (χ1v) is 10.4. The zero-order chi connectivity index (χ0) is 21.0. The summed E-state index contributed by atoms with van der Waals surface area (Å²) in [4.78, 5) is 26.9. The van der Waals surface area contributed by atoms with Crippen molar-refractivity contribution >= 4 is 11.8 Å². The van der Waals surface area contributed by atoms with E-state index in [9.17, 15) is 9.59 Å². The molecule has 154 valence electrons. The van der Waals surface area contributed by atoms with Crippen LogP contribution in [0.2, 0.25) is 0 Å². The lowest BCUT2D eigenvalue weighted by Gasteiger charge is -2.23. The van der Waals surface area contributed by atoms with Gasteiger partial charge in [0.05, 0.1) is 0 Å². The molecule has 0 aliphatic heterocycles. The molecule has 3 rings (SSSR count). The van der Waals surface area contributed by atoms with Crippen LogP contribution in [0.4, 0.5) is 0 Å². The second kappa shape index (κ2) is 11.6. The molecule has 4 heteroatoms. The molecule has 0 saturated heterocycles. The highest BCUT2D eigenvalue weighted by Crippen LogP contribution is 2.10. The first-order chi connectivity index (χ1) is 14.7. The van der Waals surface area contributed by atoms with Crippen LogP contribution in [0.15, 0.2) is 91.0 Å². The van der Waals surface area contributed by atoms with Gasteiger partial charge in [0.25, 0.3) is 5.91 Å². The van der Waals surface area contributed by atoms with Crippen LogP contribution >= 0.6 is 0 Å². The SMILES string of the molecule is O=C(NCCCC(=O)N(CCc1ccccc1)Cc1ccccc1)c1ccccc1. The Bertz CT molecular complexity index is 912. The van der Waals surface area contributed by atoms with Crippen molar-refractivity contribution in [2.75, 3.05) is 13.1 Å². The van der Waals surface area contributed by atoms with Gasteiger partial charge in [-0.1, -0.05) is 78.9 Å². The number of amides is 2. The topological polar surface area (TPSA) is 49.4 Å². The van der Waals surface area contributed by atoms with E-state index in [0.717, 1.165) is 12.0 Å². The molecule has 2 amide bonds. The largest absolute Gasteiger partial charge is 0.352 e. The fraction of sp³-hybridized carbons (Fsp3) is 0.231. The molecule has 0 fully saturated rings. The first-order valence-electron chi connectivity index (χ1n) is 10.4. The third-order valence-electron chi connectivity index (χ3n) is 4.97. The molecule has 0 aliphatic rings. The van der Waals surface area contributed by atoms with Crippen molar-refractivity contribution in [2.45, 2.75) is 25.8 Å². The van der Waals surface area contributed by atoms with E-state index in [1.165, 1.54) is 5.56 Å². The number of benzene rings is 3. The highest BCUT2D eigenvalue weighted by Gasteiger charge is 2.14. The van der Waals surface area contributed by atoms with Crippen molar-refractivity contribution in [1.82, 2.24) is 10.2 Å². The average molecular weight is 401 g/mol. The van der Waals surface area contributed by atoms with Crippen LogP contribution in [0.1, 0.15) is 34.3 Å². The monoisotopic (exact) mass is 400 g/mol. The third-order valence-corrected chi connectivity index (χ3v) is 4.97. The molecule has 3 aromatic carbocycles. The Hall–Kier alpha value is -3.40. The standard InChI is InChI=1S/C26H28N2O2/c29-25(17-10-19-27-26(30)24-15-8-3-9-16-24)28(21-23-13-6-2-7-14-23)20-18-22-11-4-1-5-12-22/h1-9,11-16H,10,17-21H2,(H,27,30). The van der Waals surface area contributed by atoms with E-state index in [2.05, 4.69) is 17.4 Å². The predicted molar refractivity (Wildman–Crippen MR) is 120 cm³/mol. The van der Waals surface area contributed by atoms with Gasteiger partial charge in [-0.15, -0.1) is 0 Å². The molecule has 30 heavy (non-hydrogen) atoms. The van der Waals surface area contributed by atoms with Gasteiger partial charge in [0.2, 0.25) is 5.91 Å². The maximum absolute atomic E-state index is 12.9. The maximum atomic E-state index is 12.9. The molecular weight excluding hydrogens is 372 g/mol. The number of hydrogen-bond donors (Lipinski definition) is 1. The lowest BCUT2D eigenvalue weighted by Crippen LogP contribution is -2.33. The summed E-state index contributed by atoms with van der Waals surface area (Å²) in [5.74, 6) is 0.0111. The minimum atomic E-state index is -0.103. The van der Waals surface area contributed by atoms with Crippen molar-refractivity contribution in [3.8, 4) is 0 Å². The Morgan fingerprint density at radius 1 is 0.733 bits per heavy atom. The molecule has 0 unspecified atom stereocenters. The van der Waals surface area contributed by atoms with E-state index >= 15 is 0 Å². The zero-order valence-electron chi connectivity index (χ0n) is 17.2. The Morgan fingerprint density at radius 2 is 1.30 bits per heavy atom. The summed E-state index contributed by atoms with van der Waals surface area (Å²) in [6.45, 7) is 1.76. The molecule has 0 bridgehead atoms. The third kappa shape index (κ3) is 6.89. The summed E-state index contributed by atoms with van der Waals surface area (Å²) in [5.41, 5.74) is 2.98. The van der Waals surface area contributed by atoms with Crippen molar-refractivity contribution in [2.24, 2.45) is 0 Å². The number of carbonyl (C=O) groups excluding carboxylic acids is 2. The van der Waals surface area contributed by atoms with Gasteiger partial charge in [-0.25, -0.2) is 0 Å². The van der Waals surface area contributed by atoms with Crippen molar-refractivity contribution in [3.05, 3.63) is 108 Å².